The summed E-state index contributed by atoms with van der Waals surface area (Å²) in [5, 5.41) is 16.7. The highest BCUT2D eigenvalue weighted by molar-refractivity contribution is 6.05. The van der Waals surface area contributed by atoms with Crippen molar-refractivity contribution in [3.05, 3.63) is 65.2 Å². The number of nitrogens with one attached hydrogen (secondary N) is 1. The molecular weight excluding hydrogens is 360 g/mol. The van der Waals surface area contributed by atoms with Crippen LogP contribution in [0.15, 0.2) is 48.5 Å². The van der Waals surface area contributed by atoms with E-state index < -0.39 is 24.5 Å². The monoisotopic (exact) mass is 380 g/mol. The number of carboxylic acid groups (broad SMARTS) is 1. The molecule has 2 aromatic rings. The molecule has 0 fully saturated rings. The maximum absolute atomic E-state index is 13.1. The van der Waals surface area contributed by atoms with Crippen molar-refractivity contribution in [2.24, 2.45) is 5.73 Å². The second-order valence-corrected chi connectivity index (χ2v) is 6.56. The van der Waals surface area contributed by atoms with Crippen molar-refractivity contribution in [3.8, 4) is 0 Å². The fraction of sp³-hybridized carbons (Fsp3) is 0.200. The molecule has 0 spiro atoms. The summed E-state index contributed by atoms with van der Waals surface area (Å²) in [6.07, 6.45) is 0.240. The van der Waals surface area contributed by atoms with Crippen molar-refractivity contribution in [2.75, 3.05) is 18.5 Å². The van der Waals surface area contributed by atoms with Gasteiger partial charge in [-0.05, 0) is 35.9 Å². The molecule has 0 radical (unpaired) electrons. The first-order valence-corrected chi connectivity index (χ1v) is 8.62. The van der Waals surface area contributed by atoms with E-state index >= 15 is 0 Å². The smallest absolute Gasteiger partial charge is 0.323 e. The van der Waals surface area contributed by atoms with Gasteiger partial charge in [-0.2, -0.15) is 0 Å². The third-order valence-electron chi connectivity index (χ3n) is 4.78. The van der Waals surface area contributed by atoms with Crippen LogP contribution in [0.3, 0.4) is 0 Å². The molecule has 0 aliphatic carbocycles. The number of anilines is 1. The van der Waals surface area contributed by atoms with Crippen molar-refractivity contribution in [2.45, 2.75) is 12.5 Å². The Morgan fingerprint density at radius 3 is 2.46 bits per heavy atom. The number of rotatable bonds is 5. The molecule has 0 saturated heterocycles. The van der Waals surface area contributed by atoms with E-state index in [0.717, 1.165) is 4.90 Å². The van der Waals surface area contributed by atoms with Gasteiger partial charge in [0.1, 0.15) is 18.4 Å². The minimum absolute atomic E-state index is 0.0809. The van der Waals surface area contributed by atoms with Crippen LogP contribution in [0.25, 0.3) is 0 Å². The lowest BCUT2D eigenvalue weighted by Gasteiger charge is -2.36. The van der Waals surface area contributed by atoms with Crippen LogP contribution in [0.2, 0.25) is 0 Å². The number of nitrogens with two attached hydrogens (primary N) is 1. The number of nitrogen functional groups attached to an aromatic ring is 1. The number of carbonyl (C=O) groups is 3. The molecule has 3 rings (SSSR count). The first-order chi connectivity index (χ1) is 13.3. The second kappa shape index (κ2) is 7.51. The number of likely N-dealkylation sites (N-methyl/N-ethyl adjacent to an activating group) is 1. The number of benzene rings is 2. The summed E-state index contributed by atoms with van der Waals surface area (Å²) in [7, 11) is 1.56. The highest BCUT2D eigenvalue weighted by Crippen LogP contribution is 2.26. The number of aliphatic carboxylic acids is 1. The highest BCUT2D eigenvalue weighted by atomic mass is 16.4. The molecule has 1 aliphatic heterocycles. The van der Waals surface area contributed by atoms with Crippen LogP contribution in [-0.4, -0.2) is 53.3 Å². The lowest BCUT2D eigenvalue weighted by atomic mass is 9.92. The Labute approximate surface area is 161 Å². The molecule has 4 N–H and O–H groups in total. The number of amidine groups is 1. The van der Waals surface area contributed by atoms with Gasteiger partial charge >= 0.3 is 5.97 Å². The number of hydrogen-bond donors (Lipinski definition) is 3. The van der Waals surface area contributed by atoms with E-state index in [9.17, 15) is 19.5 Å². The Hall–Kier alpha value is -3.68. The van der Waals surface area contributed by atoms with Crippen LogP contribution in [0.4, 0.5) is 5.69 Å². The second-order valence-electron chi connectivity index (χ2n) is 6.56. The molecule has 1 heterocycles. The first-order valence-electron chi connectivity index (χ1n) is 8.62. The lowest BCUT2D eigenvalue weighted by molar-refractivity contribution is -0.139. The van der Waals surface area contributed by atoms with Crippen LogP contribution in [0.5, 0.6) is 0 Å². The zero-order chi connectivity index (χ0) is 20.4. The average molecular weight is 380 g/mol. The highest BCUT2D eigenvalue weighted by Gasteiger charge is 2.39. The van der Waals surface area contributed by atoms with E-state index in [4.69, 9.17) is 11.1 Å². The maximum atomic E-state index is 13.1. The molecule has 8 heteroatoms. The quantitative estimate of drug-likeness (QED) is 0.528. The van der Waals surface area contributed by atoms with Crippen molar-refractivity contribution in [1.82, 2.24) is 4.90 Å². The fourth-order valence-corrected chi connectivity index (χ4v) is 3.29. The van der Waals surface area contributed by atoms with Crippen molar-refractivity contribution < 1.29 is 19.5 Å². The molecule has 1 atom stereocenters. The average Bonchev–Trinajstić information content (AvgIpc) is 2.68. The third kappa shape index (κ3) is 3.57. The van der Waals surface area contributed by atoms with Gasteiger partial charge < -0.3 is 20.6 Å². The molecule has 0 saturated carbocycles. The van der Waals surface area contributed by atoms with E-state index in [0.29, 0.717) is 22.4 Å². The minimum atomic E-state index is -1.18. The number of amides is 2. The fourth-order valence-electron chi connectivity index (χ4n) is 3.29. The summed E-state index contributed by atoms with van der Waals surface area (Å²) in [6, 6.07) is 12.5. The predicted molar refractivity (Wildman–Crippen MR) is 103 cm³/mol. The van der Waals surface area contributed by atoms with Gasteiger partial charge in [0.15, 0.2) is 0 Å². The van der Waals surface area contributed by atoms with E-state index in [1.54, 1.807) is 55.6 Å². The van der Waals surface area contributed by atoms with E-state index in [1.165, 1.54) is 4.90 Å². The number of hydrogen-bond acceptors (Lipinski definition) is 4. The summed E-state index contributed by atoms with van der Waals surface area (Å²) < 4.78 is 0. The van der Waals surface area contributed by atoms with Gasteiger partial charge in [-0.3, -0.25) is 19.8 Å². The van der Waals surface area contributed by atoms with Crippen LogP contribution < -0.4 is 10.6 Å². The summed E-state index contributed by atoms with van der Waals surface area (Å²) in [5.74, 6) is -2.12. The predicted octanol–water partition coefficient (Wildman–Crippen LogP) is 1.09. The van der Waals surface area contributed by atoms with Crippen LogP contribution in [-0.2, 0) is 16.0 Å². The SMILES string of the molecule is CN(C(=O)C1Cc2ccccc2C(=O)N1CC(=O)O)c1ccc(C(=N)N)cc1. The van der Waals surface area contributed by atoms with Gasteiger partial charge in [0, 0.05) is 30.3 Å². The minimum Gasteiger partial charge on any atom is -0.480 e. The summed E-state index contributed by atoms with van der Waals surface area (Å²) in [4.78, 5) is 39.7. The van der Waals surface area contributed by atoms with Gasteiger partial charge in [-0.15, -0.1) is 0 Å². The van der Waals surface area contributed by atoms with Crippen LogP contribution >= 0.6 is 0 Å². The zero-order valence-corrected chi connectivity index (χ0v) is 15.3. The molecule has 1 unspecified atom stereocenters. The lowest BCUT2D eigenvalue weighted by Crippen LogP contribution is -2.55. The molecular formula is C20H20N4O4. The Bertz CT molecular complexity index is 955. The molecule has 28 heavy (non-hydrogen) atoms. The van der Waals surface area contributed by atoms with Gasteiger partial charge in [0.05, 0.1) is 0 Å². The third-order valence-corrected chi connectivity index (χ3v) is 4.78. The molecule has 1 aliphatic rings. The van der Waals surface area contributed by atoms with Crippen LogP contribution in [0, 0.1) is 5.41 Å². The standard InChI is InChI=1S/C20H20N4O4/c1-23(14-8-6-12(7-9-14)18(21)22)20(28)16-10-13-4-2-3-5-15(13)19(27)24(16)11-17(25)26/h2-9,16H,10-11H2,1H3,(H3,21,22)(H,25,26). The Morgan fingerprint density at radius 1 is 1.21 bits per heavy atom. The number of fused-ring (bicyclic) bond motifs is 1. The van der Waals surface area contributed by atoms with Gasteiger partial charge in [0.2, 0.25) is 5.91 Å². The van der Waals surface area contributed by atoms with Gasteiger partial charge in [0.25, 0.3) is 5.91 Å². The van der Waals surface area contributed by atoms with E-state index in [-0.39, 0.29) is 18.2 Å². The van der Waals surface area contributed by atoms with Crippen molar-refractivity contribution >= 4 is 29.3 Å². The van der Waals surface area contributed by atoms with Gasteiger partial charge in [-0.25, -0.2) is 0 Å². The van der Waals surface area contributed by atoms with E-state index in [1.807, 2.05) is 0 Å². The topological polar surface area (TPSA) is 128 Å². The number of carbonyl (C=O) groups excluding carboxylic acids is 2. The van der Waals surface area contributed by atoms with Crippen LogP contribution in [0.1, 0.15) is 21.5 Å². The van der Waals surface area contributed by atoms with Crippen molar-refractivity contribution in [1.29, 1.82) is 5.41 Å². The molecule has 0 aromatic heterocycles. The summed E-state index contributed by atoms with van der Waals surface area (Å²) in [5.41, 5.74) is 7.66. The first kappa shape index (κ1) is 19.1. The van der Waals surface area contributed by atoms with Gasteiger partial charge in [-0.1, -0.05) is 18.2 Å². The summed E-state index contributed by atoms with van der Waals surface area (Å²) >= 11 is 0. The number of nitrogens with zero attached hydrogens (tertiary/aromatic N) is 2. The largest absolute Gasteiger partial charge is 0.480 e. The Kier molecular flexibility index (Phi) is 5.12. The molecule has 144 valence electrons. The summed E-state index contributed by atoms with van der Waals surface area (Å²) in [6.45, 7) is -0.555. The number of carboxylic acids is 1. The van der Waals surface area contributed by atoms with Crippen molar-refractivity contribution in [3.63, 3.8) is 0 Å². The Balaban J connectivity index is 1.92. The zero-order valence-electron chi connectivity index (χ0n) is 15.3. The normalized spacial score (nSPS) is 15.7. The molecule has 2 amide bonds. The maximum Gasteiger partial charge on any atom is 0.323 e. The Morgan fingerprint density at radius 2 is 1.86 bits per heavy atom. The van der Waals surface area contributed by atoms with E-state index in [2.05, 4.69) is 0 Å². The molecule has 0 bridgehead atoms. The molecule has 8 nitrogen and oxygen atoms in total. The molecule has 2 aromatic carbocycles.